The third-order valence-corrected chi connectivity index (χ3v) is 5.24. The smallest absolute Gasteiger partial charge is 0.296 e. The molecule has 1 atom stereocenters. The molecule has 0 fully saturated rings. The molecule has 0 radical (unpaired) electrons. The van der Waals surface area contributed by atoms with Crippen LogP contribution >= 0.6 is 0 Å². The van der Waals surface area contributed by atoms with Gasteiger partial charge in [-0.2, -0.15) is 5.10 Å². The van der Waals surface area contributed by atoms with Crippen molar-refractivity contribution in [2.75, 3.05) is 0 Å². The van der Waals surface area contributed by atoms with Crippen LogP contribution in [0.3, 0.4) is 0 Å². The van der Waals surface area contributed by atoms with Crippen molar-refractivity contribution in [1.82, 2.24) is 15.1 Å². The second-order valence-electron chi connectivity index (χ2n) is 6.90. The van der Waals surface area contributed by atoms with E-state index in [2.05, 4.69) is 36.4 Å². The molecule has 0 bridgehead atoms. The Labute approximate surface area is 157 Å². The quantitative estimate of drug-likeness (QED) is 0.569. The zero-order valence-corrected chi connectivity index (χ0v) is 15.4. The maximum absolute atomic E-state index is 12.3. The molecule has 4 rings (SSSR count). The Kier molecular flexibility index (Phi) is 4.39. The fourth-order valence-corrected chi connectivity index (χ4v) is 3.62. The third-order valence-electron chi connectivity index (χ3n) is 5.24. The summed E-state index contributed by atoms with van der Waals surface area (Å²) in [5, 5.41) is 7.44. The van der Waals surface area contributed by atoms with Crippen molar-refractivity contribution in [3.63, 3.8) is 0 Å². The summed E-state index contributed by atoms with van der Waals surface area (Å²) in [6, 6.07) is 9.02. The van der Waals surface area contributed by atoms with Crippen LogP contribution in [0.15, 0.2) is 47.2 Å². The molecule has 1 aromatic carbocycles. The number of benzene rings is 1. The van der Waals surface area contributed by atoms with Crippen LogP contribution in [0.2, 0.25) is 0 Å². The Bertz CT molecular complexity index is 1000. The number of hydrogen-bond donors (Lipinski definition) is 1. The van der Waals surface area contributed by atoms with Crippen molar-refractivity contribution in [3.05, 3.63) is 70.9 Å². The number of fused-ring (bicyclic) bond motifs is 1. The first-order chi connectivity index (χ1) is 13.1. The van der Waals surface area contributed by atoms with Crippen LogP contribution in [0, 0.1) is 13.8 Å². The van der Waals surface area contributed by atoms with Crippen LogP contribution in [-0.2, 0) is 11.2 Å². The number of nitrogens with zero attached hydrogens (tertiary/aromatic N) is 2. The number of nitrogens with one attached hydrogen (secondary N) is 1. The van der Waals surface area contributed by atoms with Gasteiger partial charge in [0.15, 0.2) is 5.76 Å². The molecule has 0 spiro atoms. The number of ketones is 1. The molecule has 1 N–H and O–H groups in total. The minimum Gasteiger partial charge on any atom is -0.461 e. The van der Waals surface area contributed by atoms with E-state index < -0.39 is 11.7 Å². The summed E-state index contributed by atoms with van der Waals surface area (Å²) in [5.74, 6) is -1.26. The molecule has 1 aliphatic carbocycles. The number of aromatic nitrogens is 2. The molecule has 6 heteroatoms. The van der Waals surface area contributed by atoms with Crippen molar-refractivity contribution >= 4 is 11.7 Å². The topological polar surface area (TPSA) is 77.1 Å². The van der Waals surface area contributed by atoms with Crippen LogP contribution in [0.25, 0.3) is 5.69 Å². The van der Waals surface area contributed by atoms with Gasteiger partial charge in [-0.25, -0.2) is 4.68 Å². The molecule has 0 aliphatic heterocycles. The lowest BCUT2D eigenvalue weighted by Crippen LogP contribution is -2.35. The van der Waals surface area contributed by atoms with Gasteiger partial charge in [0.05, 0.1) is 24.2 Å². The highest BCUT2D eigenvalue weighted by Crippen LogP contribution is 2.32. The summed E-state index contributed by atoms with van der Waals surface area (Å²) in [6.45, 7) is 4.17. The SMILES string of the molecule is Cc1cccc(-n2ncc3c2CCC[C@H]3NC(=O)C(=O)c2ccco2)c1C. The van der Waals surface area contributed by atoms with Crippen molar-refractivity contribution in [1.29, 1.82) is 0 Å². The van der Waals surface area contributed by atoms with E-state index in [9.17, 15) is 9.59 Å². The van der Waals surface area contributed by atoms with Gasteiger partial charge in [-0.15, -0.1) is 0 Å². The van der Waals surface area contributed by atoms with Crippen LogP contribution in [0.4, 0.5) is 0 Å². The first-order valence-electron chi connectivity index (χ1n) is 9.08. The molecule has 6 nitrogen and oxygen atoms in total. The molecule has 2 aromatic heterocycles. The second kappa shape index (κ2) is 6.87. The van der Waals surface area contributed by atoms with Gasteiger partial charge in [0, 0.05) is 11.3 Å². The predicted molar refractivity (Wildman–Crippen MR) is 99.9 cm³/mol. The minimum absolute atomic E-state index is 0.0506. The Morgan fingerprint density at radius 2 is 2.07 bits per heavy atom. The van der Waals surface area contributed by atoms with Crippen LogP contribution < -0.4 is 5.32 Å². The molecule has 0 saturated carbocycles. The summed E-state index contributed by atoms with van der Waals surface area (Å²) in [5.41, 5.74) is 5.51. The van der Waals surface area contributed by atoms with Gasteiger partial charge in [0.2, 0.25) is 0 Å². The first-order valence-corrected chi connectivity index (χ1v) is 9.08. The van der Waals surface area contributed by atoms with Crippen LogP contribution in [0.1, 0.15) is 51.8 Å². The average molecular weight is 363 g/mol. The highest BCUT2D eigenvalue weighted by atomic mass is 16.3. The van der Waals surface area contributed by atoms with E-state index in [1.54, 1.807) is 12.3 Å². The number of aryl methyl sites for hydroxylation is 1. The zero-order chi connectivity index (χ0) is 19.0. The van der Waals surface area contributed by atoms with E-state index >= 15 is 0 Å². The third kappa shape index (κ3) is 3.07. The monoisotopic (exact) mass is 363 g/mol. The van der Waals surface area contributed by atoms with Crippen LogP contribution in [-0.4, -0.2) is 21.5 Å². The molecule has 0 unspecified atom stereocenters. The van der Waals surface area contributed by atoms with Crippen LogP contribution in [0.5, 0.6) is 0 Å². The second-order valence-corrected chi connectivity index (χ2v) is 6.90. The van der Waals surface area contributed by atoms with Crippen molar-refractivity contribution in [2.24, 2.45) is 0 Å². The largest absolute Gasteiger partial charge is 0.461 e. The van der Waals surface area contributed by atoms with E-state index in [0.29, 0.717) is 0 Å². The van der Waals surface area contributed by atoms with Gasteiger partial charge in [-0.05, 0) is 62.4 Å². The Hall–Kier alpha value is -3.15. The van der Waals surface area contributed by atoms with E-state index in [0.717, 1.165) is 36.2 Å². The zero-order valence-electron chi connectivity index (χ0n) is 15.4. The van der Waals surface area contributed by atoms with Gasteiger partial charge < -0.3 is 9.73 Å². The van der Waals surface area contributed by atoms with E-state index in [-0.39, 0.29) is 11.8 Å². The number of amides is 1. The summed E-state index contributed by atoms with van der Waals surface area (Å²) >= 11 is 0. The van der Waals surface area contributed by atoms with Crippen molar-refractivity contribution in [2.45, 2.75) is 39.2 Å². The molecule has 0 saturated heterocycles. The summed E-state index contributed by atoms with van der Waals surface area (Å²) < 4.78 is 7.00. The fraction of sp³-hybridized carbons (Fsp3) is 0.286. The van der Waals surface area contributed by atoms with E-state index in [1.165, 1.54) is 23.5 Å². The number of carbonyl (C=O) groups is 2. The van der Waals surface area contributed by atoms with Crippen molar-refractivity contribution < 1.29 is 14.0 Å². The Morgan fingerprint density at radius 3 is 2.85 bits per heavy atom. The highest BCUT2D eigenvalue weighted by molar-refractivity contribution is 6.42. The van der Waals surface area contributed by atoms with Gasteiger partial charge in [-0.3, -0.25) is 9.59 Å². The molecule has 27 heavy (non-hydrogen) atoms. The normalized spacial score (nSPS) is 16.0. The standard InChI is InChI=1S/C21H21N3O3/c1-13-6-3-8-17(14(13)2)24-18-9-4-7-16(15(18)12-22-24)23-21(26)20(25)19-10-5-11-27-19/h3,5-6,8,10-12,16H,4,7,9H2,1-2H3,(H,23,26)/t16-/m1/s1. The molecule has 2 heterocycles. The molecule has 1 amide bonds. The molecular formula is C21H21N3O3. The van der Waals surface area contributed by atoms with Gasteiger partial charge in [0.1, 0.15) is 0 Å². The lowest BCUT2D eigenvalue weighted by Gasteiger charge is -2.24. The maximum Gasteiger partial charge on any atom is 0.296 e. The fourth-order valence-electron chi connectivity index (χ4n) is 3.62. The maximum atomic E-state index is 12.3. The Morgan fingerprint density at radius 1 is 1.22 bits per heavy atom. The highest BCUT2D eigenvalue weighted by Gasteiger charge is 2.29. The first kappa shape index (κ1) is 17.3. The number of rotatable bonds is 4. The molecule has 138 valence electrons. The van der Waals surface area contributed by atoms with Gasteiger partial charge in [-0.1, -0.05) is 12.1 Å². The average Bonchev–Trinajstić information content (AvgIpc) is 3.34. The summed E-state index contributed by atoms with van der Waals surface area (Å²) in [6.07, 6.45) is 5.78. The predicted octanol–water partition coefficient (Wildman–Crippen LogP) is 3.46. The number of Topliss-reactive ketones (excluding diaryl/α,β-unsaturated/α-hetero) is 1. The van der Waals surface area contributed by atoms with Gasteiger partial charge in [0.25, 0.3) is 11.7 Å². The number of carbonyl (C=O) groups excluding carboxylic acids is 2. The summed E-state index contributed by atoms with van der Waals surface area (Å²) in [7, 11) is 0. The molecular weight excluding hydrogens is 342 g/mol. The minimum atomic E-state index is -0.658. The van der Waals surface area contributed by atoms with E-state index in [4.69, 9.17) is 4.42 Å². The molecule has 3 aromatic rings. The van der Waals surface area contributed by atoms with E-state index in [1.807, 2.05) is 10.7 Å². The lowest BCUT2D eigenvalue weighted by atomic mass is 9.92. The summed E-state index contributed by atoms with van der Waals surface area (Å²) in [4.78, 5) is 24.5. The Balaban J connectivity index is 1.61. The number of furan rings is 1. The lowest BCUT2D eigenvalue weighted by molar-refractivity contribution is -0.117. The molecule has 1 aliphatic rings. The van der Waals surface area contributed by atoms with Crippen molar-refractivity contribution in [3.8, 4) is 5.69 Å². The van der Waals surface area contributed by atoms with Gasteiger partial charge >= 0.3 is 0 Å². The number of hydrogen-bond acceptors (Lipinski definition) is 4.